The highest BCUT2D eigenvalue weighted by atomic mass is 32.2. The fourth-order valence-electron chi connectivity index (χ4n) is 3.96. The van der Waals surface area contributed by atoms with E-state index in [0.29, 0.717) is 17.7 Å². The predicted octanol–water partition coefficient (Wildman–Crippen LogP) is 4.13. The molecule has 0 aliphatic rings. The first-order valence-electron chi connectivity index (χ1n) is 13.0. The smallest absolute Gasteiger partial charge is 0.269 e. The Balaban J connectivity index is 2.02. The zero-order valence-electron chi connectivity index (χ0n) is 23.4. The number of hydrogen-bond acceptors (Lipinski definition) is 7. The molecule has 12 heteroatoms. The lowest BCUT2D eigenvalue weighted by molar-refractivity contribution is -0.384. The van der Waals surface area contributed by atoms with Gasteiger partial charge in [-0.15, -0.1) is 0 Å². The first-order valence-corrected chi connectivity index (χ1v) is 14.5. The van der Waals surface area contributed by atoms with Gasteiger partial charge >= 0.3 is 0 Å². The number of sulfonamides is 1. The molecule has 3 rings (SSSR count). The quantitative estimate of drug-likeness (QED) is 0.236. The number of methoxy groups -OCH3 is 1. The molecule has 0 heterocycles. The molecule has 0 spiro atoms. The first-order chi connectivity index (χ1) is 19.5. The maximum absolute atomic E-state index is 13.9. The van der Waals surface area contributed by atoms with Crippen molar-refractivity contribution in [3.8, 4) is 5.75 Å². The Morgan fingerprint density at radius 3 is 2.12 bits per heavy atom. The standard InChI is InChI=1S/C29H34N4O7S/c1-5-21(2)30-29(35)22(3)31(19-23-11-17-26(40-4)18-12-23)28(34)20-32(24-13-15-25(16-14-24)33(36)37)41(38,39)27-9-7-6-8-10-27/h6-18,21-22H,5,19-20H2,1-4H3,(H,30,35). The van der Waals surface area contributed by atoms with Crippen molar-refractivity contribution in [1.29, 1.82) is 0 Å². The monoisotopic (exact) mass is 582 g/mol. The van der Waals surface area contributed by atoms with Crippen molar-refractivity contribution < 1.29 is 27.7 Å². The number of nitro benzene ring substituents is 1. The highest BCUT2D eigenvalue weighted by Gasteiger charge is 2.33. The number of hydrogen-bond donors (Lipinski definition) is 1. The zero-order valence-corrected chi connectivity index (χ0v) is 24.2. The number of carbonyl (C=O) groups is 2. The summed E-state index contributed by atoms with van der Waals surface area (Å²) >= 11 is 0. The summed E-state index contributed by atoms with van der Waals surface area (Å²) < 4.78 is 33.6. The van der Waals surface area contributed by atoms with Crippen LogP contribution in [0.4, 0.5) is 11.4 Å². The molecule has 0 aliphatic carbocycles. The second kappa shape index (κ2) is 13.8. The molecule has 2 amide bonds. The van der Waals surface area contributed by atoms with Crippen molar-refractivity contribution in [3.05, 3.63) is 94.5 Å². The number of anilines is 1. The lowest BCUT2D eigenvalue weighted by atomic mass is 10.1. The number of nitrogens with zero attached hydrogens (tertiary/aromatic N) is 3. The van der Waals surface area contributed by atoms with Crippen LogP contribution in [0.1, 0.15) is 32.8 Å². The van der Waals surface area contributed by atoms with Crippen LogP contribution >= 0.6 is 0 Å². The maximum atomic E-state index is 13.9. The summed E-state index contributed by atoms with van der Waals surface area (Å²) in [6.45, 7) is 4.74. The summed E-state index contributed by atoms with van der Waals surface area (Å²) in [5.74, 6) is -0.396. The Labute approximate surface area is 239 Å². The van der Waals surface area contributed by atoms with Crippen LogP contribution in [0.15, 0.2) is 83.8 Å². The van der Waals surface area contributed by atoms with E-state index in [1.54, 1.807) is 49.4 Å². The van der Waals surface area contributed by atoms with E-state index < -0.39 is 33.4 Å². The number of rotatable bonds is 13. The predicted molar refractivity (Wildman–Crippen MR) is 155 cm³/mol. The summed E-state index contributed by atoms with van der Waals surface area (Å²) in [5.41, 5.74) is 0.539. The van der Waals surface area contributed by atoms with Crippen LogP contribution in [0.3, 0.4) is 0 Å². The third kappa shape index (κ3) is 7.82. The summed E-state index contributed by atoms with van der Waals surface area (Å²) in [5, 5.41) is 14.1. The molecule has 0 fully saturated rings. The molecule has 0 aromatic heterocycles. The molecule has 0 bridgehead atoms. The van der Waals surface area contributed by atoms with Crippen molar-refractivity contribution >= 4 is 33.2 Å². The molecular weight excluding hydrogens is 548 g/mol. The van der Waals surface area contributed by atoms with Crippen molar-refractivity contribution in [2.24, 2.45) is 0 Å². The molecule has 1 N–H and O–H groups in total. The van der Waals surface area contributed by atoms with E-state index in [2.05, 4.69) is 5.32 Å². The third-order valence-corrected chi connectivity index (χ3v) is 8.43. The Kier molecular flexibility index (Phi) is 10.4. The van der Waals surface area contributed by atoms with Crippen molar-refractivity contribution in [2.45, 2.75) is 50.7 Å². The Morgan fingerprint density at radius 1 is 0.976 bits per heavy atom. The highest BCUT2D eigenvalue weighted by molar-refractivity contribution is 7.92. The van der Waals surface area contributed by atoms with E-state index in [1.165, 1.54) is 48.4 Å². The number of non-ortho nitro benzene ring substituents is 1. The Hall–Kier alpha value is -4.45. The highest BCUT2D eigenvalue weighted by Crippen LogP contribution is 2.26. The third-order valence-electron chi connectivity index (χ3n) is 6.64. The van der Waals surface area contributed by atoms with Gasteiger partial charge in [0.15, 0.2) is 0 Å². The van der Waals surface area contributed by atoms with Gasteiger partial charge in [0, 0.05) is 24.7 Å². The summed E-state index contributed by atoms with van der Waals surface area (Å²) in [7, 11) is -2.73. The Morgan fingerprint density at radius 2 is 1.59 bits per heavy atom. The SMILES string of the molecule is CCC(C)NC(=O)C(C)N(Cc1ccc(OC)cc1)C(=O)CN(c1ccc([N+](=O)[O-])cc1)S(=O)(=O)c1ccccc1. The molecule has 0 saturated carbocycles. The van der Waals surface area contributed by atoms with Gasteiger partial charge in [0.05, 0.1) is 22.6 Å². The van der Waals surface area contributed by atoms with Gasteiger partial charge < -0.3 is 15.0 Å². The average Bonchev–Trinajstić information content (AvgIpc) is 2.98. The fourth-order valence-corrected chi connectivity index (χ4v) is 5.40. The molecule has 0 saturated heterocycles. The van der Waals surface area contributed by atoms with E-state index in [9.17, 15) is 28.1 Å². The minimum Gasteiger partial charge on any atom is -0.497 e. The lowest BCUT2D eigenvalue weighted by Gasteiger charge is -2.32. The summed E-state index contributed by atoms with van der Waals surface area (Å²) in [6, 6.07) is 18.4. The molecule has 2 unspecified atom stereocenters. The number of benzene rings is 3. The molecule has 0 aliphatic heterocycles. The van der Waals surface area contributed by atoms with Gasteiger partial charge in [-0.2, -0.15) is 0 Å². The molecule has 11 nitrogen and oxygen atoms in total. The van der Waals surface area contributed by atoms with Crippen LogP contribution in [0.25, 0.3) is 0 Å². The second-order valence-corrected chi connectivity index (χ2v) is 11.3. The van der Waals surface area contributed by atoms with E-state index in [-0.39, 0.29) is 34.8 Å². The summed E-state index contributed by atoms with van der Waals surface area (Å²) in [4.78, 5) is 38.9. The molecule has 2 atom stereocenters. The van der Waals surface area contributed by atoms with E-state index in [0.717, 1.165) is 4.31 Å². The van der Waals surface area contributed by atoms with Gasteiger partial charge in [0.1, 0.15) is 18.3 Å². The van der Waals surface area contributed by atoms with Gasteiger partial charge in [-0.3, -0.25) is 24.0 Å². The minimum atomic E-state index is -4.27. The van der Waals surface area contributed by atoms with Crippen molar-refractivity contribution in [3.63, 3.8) is 0 Å². The second-order valence-electron chi connectivity index (χ2n) is 9.46. The van der Waals surface area contributed by atoms with Crippen LogP contribution in [0.5, 0.6) is 5.75 Å². The van der Waals surface area contributed by atoms with Gasteiger partial charge in [-0.25, -0.2) is 8.42 Å². The normalized spacial score (nSPS) is 12.6. The number of amides is 2. The van der Waals surface area contributed by atoms with Gasteiger partial charge in [-0.1, -0.05) is 37.3 Å². The maximum Gasteiger partial charge on any atom is 0.269 e. The molecule has 218 valence electrons. The average molecular weight is 583 g/mol. The van der Waals surface area contributed by atoms with Crippen molar-refractivity contribution in [2.75, 3.05) is 18.0 Å². The number of carbonyl (C=O) groups excluding carboxylic acids is 2. The summed E-state index contributed by atoms with van der Waals surface area (Å²) in [6.07, 6.45) is 0.689. The van der Waals surface area contributed by atoms with Crippen LogP contribution in [-0.4, -0.2) is 55.8 Å². The van der Waals surface area contributed by atoms with E-state index in [4.69, 9.17) is 4.74 Å². The van der Waals surface area contributed by atoms with E-state index in [1.807, 2.05) is 13.8 Å². The largest absolute Gasteiger partial charge is 0.497 e. The topological polar surface area (TPSA) is 139 Å². The fraction of sp³-hybridized carbons (Fsp3) is 0.310. The van der Waals surface area contributed by atoms with Crippen molar-refractivity contribution in [1.82, 2.24) is 10.2 Å². The first kappa shape index (κ1) is 31.1. The van der Waals surface area contributed by atoms with Crippen LogP contribution in [-0.2, 0) is 26.2 Å². The van der Waals surface area contributed by atoms with Gasteiger partial charge in [0.25, 0.3) is 15.7 Å². The lowest BCUT2D eigenvalue weighted by Crippen LogP contribution is -2.52. The number of nitrogens with one attached hydrogen (secondary N) is 1. The molecule has 3 aromatic rings. The van der Waals surface area contributed by atoms with Gasteiger partial charge in [0.2, 0.25) is 11.8 Å². The molecule has 3 aromatic carbocycles. The van der Waals surface area contributed by atoms with Crippen LogP contribution < -0.4 is 14.4 Å². The molecular formula is C29H34N4O7S. The van der Waals surface area contributed by atoms with Gasteiger partial charge in [-0.05, 0) is 62.2 Å². The van der Waals surface area contributed by atoms with Crippen LogP contribution in [0, 0.1) is 10.1 Å². The van der Waals surface area contributed by atoms with E-state index >= 15 is 0 Å². The number of ether oxygens (including phenoxy) is 1. The molecule has 0 radical (unpaired) electrons. The number of nitro groups is 1. The minimum absolute atomic E-state index is 0.0252. The molecule has 41 heavy (non-hydrogen) atoms. The zero-order chi connectivity index (χ0) is 30.2. The van der Waals surface area contributed by atoms with Crippen LogP contribution in [0.2, 0.25) is 0 Å². The Bertz CT molecular complexity index is 1450.